The third-order valence-electron chi connectivity index (χ3n) is 3.87. The Kier molecular flexibility index (Phi) is 8.07. The molecule has 0 bridgehead atoms. The second-order valence-corrected chi connectivity index (χ2v) is 9.41. The number of hydrogen-bond donors (Lipinski definition) is 0. The largest absolute Gasteiger partial charge is 0.306 e. The van der Waals surface area contributed by atoms with Crippen molar-refractivity contribution in [2.75, 3.05) is 13.1 Å². The maximum absolute atomic E-state index is 4.23. The summed E-state index contributed by atoms with van der Waals surface area (Å²) in [5.74, 6) is 0. The highest BCUT2D eigenvalue weighted by atomic mass is 28.3. The second-order valence-electron chi connectivity index (χ2n) is 5.59. The summed E-state index contributed by atoms with van der Waals surface area (Å²) in [4.78, 5) is 0. The summed E-state index contributed by atoms with van der Waals surface area (Å²) in [7, 11) is -1.72. The van der Waals surface area contributed by atoms with Gasteiger partial charge < -0.3 is 9.13 Å². The van der Waals surface area contributed by atoms with Gasteiger partial charge in [-0.1, -0.05) is 60.6 Å². The number of hydrogen-bond acceptors (Lipinski definition) is 2. The Morgan fingerprint density at radius 3 is 1.50 bits per heavy atom. The summed E-state index contributed by atoms with van der Waals surface area (Å²) < 4.78 is 5.43. The van der Waals surface area contributed by atoms with Gasteiger partial charge in [0, 0.05) is 0 Å². The van der Waals surface area contributed by atoms with Gasteiger partial charge in [-0.2, -0.15) is 0 Å². The quantitative estimate of drug-likeness (QED) is 0.584. The molecule has 3 heteroatoms. The molecule has 0 atom stereocenters. The minimum atomic E-state index is -1.72. The van der Waals surface area contributed by atoms with E-state index in [0.29, 0.717) is 12.1 Å². The molecule has 0 amide bonds. The highest BCUT2D eigenvalue weighted by molar-refractivity contribution is 6.79. The van der Waals surface area contributed by atoms with Crippen molar-refractivity contribution in [1.82, 2.24) is 9.13 Å². The van der Waals surface area contributed by atoms with Gasteiger partial charge in [0.05, 0.1) is 0 Å². The van der Waals surface area contributed by atoms with Crippen molar-refractivity contribution < 1.29 is 0 Å². The average molecular weight is 271 g/mol. The molecule has 0 saturated carbocycles. The molecule has 0 aromatic rings. The molecular formula is C15H34N2Si. The van der Waals surface area contributed by atoms with Crippen molar-refractivity contribution in [3.8, 4) is 0 Å². The van der Waals surface area contributed by atoms with E-state index in [-0.39, 0.29) is 0 Å². The molecule has 0 saturated heterocycles. The fourth-order valence-corrected chi connectivity index (χ4v) is 8.53. The fourth-order valence-electron chi connectivity index (χ4n) is 3.33. The molecule has 0 aliphatic carbocycles. The van der Waals surface area contributed by atoms with Crippen LogP contribution in [0.4, 0.5) is 0 Å². The van der Waals surface area contributed by atoms with Crippen molar-refractivity contribution in [1.29, 1.82) is 0 Å². The molecule has 0 unspecified atom stereocenters. The zero-order valence-electron chi connectivity index (χ0n) is 13.7. The van der Waals surface area contributed by atoms with E-state index in [9.17, 15) is 0 Å². The van der Waals surface area contributed by atoms with Crippen LogP contribution in [0.1, 0.15) is 54.9 Å². The molecule has 108 valence electrons. The first-order chi connectivity index (χ1) is 8.41. The smallest absolute Gasteiger partial charge is 0.232 e. The Labute approximate surface area is 116 Å². The summed E-state index contributed by atoms with van der Waals surface area (Å²) in [6.45, 7) is 22.6. The Bertz CT molecular complexity index is 223. The molecule has 2 nitrogen and oxygen atoms in total. The molecule has 0 fully saturated rings. The van der Waals surface area contributed by atoms with E-state index in [1.165, 1.54) is 12.5 Å². The average Bonchev–Trinajstić information content (AvgIpc) is 2.29. The summed E-state index contributed by atoms with van der Waals surface area (Å²) in [5.41, 5.74) is 2.31. The number of nitrogens with zero attached hydrogens (tertiary/aromatic N) is 2. The third-order valence-corrected chi connectivity index (χ3v) is 9.41. The van der Waals surface area contributed by atoms with Crippen LogP contribution in [0.5, 0.6) is 0 Å². The first-order valence-corrected chi connectivity index (χ1v) is 9.76. The van der Waals surface area contributed by atoms with Gasteiger partial charge in [-0.25, -0.2) is 0 Å². The Morgan fingerprint density at radius 2 is 1.33 bits per heavy atom. The van der Waals surface area contributed by atoms with Crippen LogP contribution in [0.2, 0.25) is 6.04 Å². The summed E-state index contributed by atoms with van der Waals surface area (Å²) in [5, 5.41) is 0. The van der Waals surface area contributed by atoms with Gasteiger partial charge in [-0.15, -0.1) is 6.58 Å². The first-order valence-electron chi connectivity index (χ1n) is 7.58. The van der Waals surface area contributed by atoms with Crippen molar-refractivity contribution >= 4 is 8.40 Å². The highest BCUT2D eigenvalue weighted by Crippen LogP contribution is 2.27. The van der Waals surface area contributed by atoms with Gasteiger partial charge in [-0.3, -0.25) is 0 Å². The van der Waals surface area contributed by atoms with Crippen molar-refractivity contribution in [2.24, 2.45) is 0 Å². The molecule has 0 aliphatic rings. The molecule has 0 aliphatic heterocycles. The van der Waals surface area contributed by atoms with Gasteiger partial charge in [0.1, 0.15) is 0 Å². The lowest BCUT2D eigenvalue weighted by Gasteiger charge is -2.50. The molecule has 18 heavy (non-hydrogen) atoms. The fraction of sp³-hybridized carbons (Fsp3) is 0.867. The lowest BCUT2D eigenvalue weighted by molar-refractivity contribution is 0.275. The topological polar surface area (TPSA) is 6.48 Å². The SMILES string of the molecule is C=C[Si](CCC)(N(CC)C(C)C)N(CC)C(C)C. The Balaban J connectivity index is 5.56. The van der Waals surface area contributed by atoms with Crippen LogP contribution >= 0.6 is 0 Å². The van der Waals surface area contributed by atoms with Crippen molar-refractivity contribution in [3.63, 3.8) is 0 Å². The minimum Gasteiger partial charge on any atom is -0.306 e. The van der Waals surface area contributed by atoms with E-state index < -0.39 is 8.40 Å². The summed E-state index contributed by atoms with van der Waals surface area (Å²) in [6.07, 6.45) is 1.24. The molecule has 0 aromatic heterocycles. The van der Waals surface area contributed by atoms with Crippen molar-refractivity contribution in [3.05, 3.63) is 12.3 Å². The van der Waals surface area contributed by atoms with E-state index in [2.05, 4.69) is 69.9 Å². The van der Waals surface area contributed by atoms with Gasteiger partial charge in [0.25, 0.3) is 0 Å². The molecule has 0 heterocycles. The van der Waals surface area contributed by atoms with E-state index in [0.717, 1.165) is 13.1 Å². The lowest BCUT2D eigenvalue weighted by Crippen LogP contribution is -2.68. The maximum Gasteiger partial charge on any atom is 0.232 e. The molecule has 0 N–H and O–H groups in total. The monoisotopic (exact) mass is 270 g/mol. The predicted molar refractivity (Wildman–Crippen MR) is 86.1 cm³/mol. The van der Waals surface area contributed by atoms with Gasteiger partial charge in [0.2, 0.25) is 8.40 Å². The maximum atomic E-state index is 4.23. The highest BCUT2D eigenvalue weighted by Gasteiger charge is 2.43. The van der Waals surface area contributed by atoms with E-state index in [1.807, 2.05) is 0 Å². The van der Waals surface area contributed by atoms with E-state index in [4.69, 9.17) is 0 Å². The first kappa shape index (κ1) is 17.9. The van der Waals surface area contributed by atoms with Gasteiger partial charge >= 0.3 is 0 Å². The van der Waals surface area contributed by atoms with Crippen LogP contribution in [-0.2, 0) is 0 Å². The normalized spacial score (nSPS) is 13.1. The zero-order valence-corrected chi connectivity index (χ0v) is 14.7. The van der Waals surface area contributed by atoms with Gasteiger partial charge in [-0.05, 0) is 31.2 Å². The minimum absolute atomic E-state index is 0.596. The lowest BCUT2D eigenvalue weighted by atomic mass is 10.4. The van der Waals surface area contributed by atoms with Crippen LogP contribution in [-0.4, -0.2) is 42.7 Å². The van der Waals surface area contributed by atoms with Crippen molar-refractivity contribution in [2.45, 2.75) is 73.0 Å². The predicted octanol–water partition coefficient (Wildman–Crippen LogP) is 4.02. The molecule has 0 rings (SSSR count). The zero-order chi connectivity index (χ0) is 14.3. The Hall–Kier alpha value is -0.123. The standard InChI is InChI=1S/C15H34N2Si/c1-9-13-18(12-4,16(10-2)14(5)6)17(11-3)15(7)8/h12,14-15H,4,9-11,13H2,1-3,5-8H3. The van der Waals surface area contributed by atoms with Crippen LogP contribution < -0.4 is 0 Å². The summed E-state index contributed by atoms with van der Waals surface area (Å²) >= 11 is 0. The molecule has 0 aromatic carbocycles. The van der Waals surface area contributed by atoms with Crippen LogP contribution in [0.25, 0.3) is 0 Å². The molecule has 0 radical (unpaired) electrons. The molecule has 0 spiro atoms. The van der Waals surface area contributed by atoms with E-state index in [1.54, 1.807) is 0 Å². The third kappa shape index (κ3) is 3.69. The molecular weight excluding hydrogens is 236 g/mol. The van der Waals surface area contributed by atoms with E-state index >= 15 is 0 Å². The van der Waals surface area contributed by atoms with Crippen LogP contribution in [0.15, 0.2) is 12.3 Å². The summed E-state index contributed by atoms with van der Waals surface area (Å²) in [6, 6.07) is 2.48. The number of rotatable bonds is 9. The van der Waals surface area contributed by atoms with Crippen LogP contribution in [0, 0.1) is 0 Å². The second kappa shape index (κ2) is 8.13. The van der Waals surface area contributed by atoms with Crippen LogP contribution in [0.3, 0.4) is 0 Å². The Morgan fingerprint density at radius 1 is 0.944 bits per heavy atom. The van der Waals surface area contributed by atoms with Gasteiger partial charge in [0.15, 0.2) is 0 Å².